The van der Waals surface area contributed by atoms with Gasteiger partial charge in [0.05, 0.1) is 0 Å². The van der Waals surface area contributed by atoms with Gasteiger partial charge in [-0.25, -0.2) is 0 Å². The molecule has 0 saturated carbocycles. The Morgan fingerprint density at radius 2 is 1.33 bits per heavy atom. The predicted octanol–water partition coefficient (Wildman–Crippen LogP) is 7.25. The van der Waals surface area contributed by atoms with Gasteiger partial charge < -0.3 is 4.42 Å². The van der Waals surface area contributed by atoms with Gasteiger partial charge >= 0.3 is 0 Å². The van der Waals surface area contributed by atoms with Crippen molar-refractivity contribution in [3.63, 3.8) is 0 Å². The van der Waals surface area contributed by atoms with Crippen molar-refractivity contribution >= 4 is 70.2 Å². The van der Waals surface area contributed by atoms with Gasteiger partial charge in [0.1, 0.15) is 11.2 Å². The molecular formula is C22H11BrO. The average molecular weight is 371 g/mol. The Hall–Kier alpha value is -2.58. The molecule has 0 aliphatic rings. The van der Waals surface area contributed by atoms with Gasteiger partial charge in [0.25, 0.3) is 0 Å². The van der Waals surface area contributed by atoms with E-state index in [-0.39, 0.29) is 0 Å². The van der Waals surface area contributed by atoms with E-state index in [4.69, 9.17) is 4.42 Å². The van der Waals surface area contributed by atoms with Crippen LogP contribution in [0.15, 0.2) is 75.6 Å². The minimum Gasteiger partial charge on any atom is -0.455 e. The SMILES string of the molecule is Brc1ccc2oc3c4cccc5ccc6cccc(c3c2c1)c6c54. The fourth-order valence-electron chi connectivity index (χ4n) is 4.08. The number of hydrogen-bond donors (Lipinski definition) is 0. The van der Waals surface area contributed by atoms with Crippen LogP contribution in [-0.2, 0) is 0 Å². The van der Waals surface area contributed by atoms with Crippen LogP contribution in [0.3, 0.4) is 0 Å². The molecule has 0 amide bonds. The van der Waals surface area contributed by atoms with Gasteiger partial charge in [0, 0.05) is 26.0 Å². The smallest absolute Gasteiger partial charge is 0.143 e. The van der Waals surface area contributed by atoms with Gasteiger partial charge in [0.2, 0.25) is 0 Å². The highest BCUT2D eigenvalue weighted by atomic mass is 79.9. The van der Waals surface area contributed by atoms with Crippen molar-refractivity contribution in [2.45, 2.75) is 0 Å². The zero-order valence-electron chi connectivity index (χ0n) is 12.6. The van der Waals surface area contributed by atoms with E-state index in [0.717, 1.165) is 15.6 Å². The summed E-state index contributed by atoms with van der Waals surface area (Å²) in [6.07, 6.45) is 0. The highest BCUT2D eigenvalue weighted by molar-refractivity contribution is 9.10. The van der Waals surface area contributed by atoms with E-state index in [9.17, 15) is 0 Å². The zero-order valence-corrected chi connectivity index (χ0v) is 14.2. The molecule has 0 unspecified atom stereocenters. The summed E-state index contributed by atoms with van der Waals surface area (Å²) in [5, 5.41) is 10.0. The fourth-order valence-corrected chi connectivity index (χ4v) is 4.44. The number of fused-ring (bicyclic) bond motifs is 5. The van der Waals surface area contributed by atoms with E-state index in [1.54, 1.807) is 0 Å². The number of halogens is 1. The van der Waals surface area contributed by atoms with E-state index < -0.39 is 0 Å². The molecule has 0 aliphatic carbocycles. The maximum absolute atomic E-state index is 6.30. The lowest BCUT2D eigenvalue weighted by Gasteiger charge is -2.11. The average Bonchev–Trinajstić information content (AvgIpc) is 2.99. The minimum absolute atomic E-state index is 0.935. The van der Waals surface area contributed by atoms with Gasteiger partial charge in [-0.15, -0.1) is 0 Å². The van der Waals surface area contributed by atoms with Crippen molar-refractivity contribution in [2.24, 2.45) is 0 Å². The second kappa shape index (κ2) is 4.28. The second-order valence-electron chi connectivity index (χ2n) is 6.32. The van der Waals surface area contributed by atoms with Crippen molar-refractivity contribution < 1.29 is 4.42 Å². The molecule has 24 heavy (non-hydrogen) atoms. The number of benzene rings is 5. The lowest BCUT2D eigenvalue weighted by molar-refractivity contribution is 0.673. The Balaban J connectivity index is 2.10. The summed E-state index contributed by atoms with van der Waals surface area (Å²) >= 11 is 3.60. The van der Waals surface area contributed by atoms with Crippen LogP contribution in [0.25, 0.3) is 54.3 Å². The topological polar surface area (TPSA) is 13.1 Å². The summed E-state index contributed by atoms with van der Waals surface area (Å²) < 4.78 is 7.37. The third-order valence-corrected chi connectivity index (χ3v) is 5.54. The van der Waals surface area contributed by atoms with Crippen LogP contribution in [0.4, 0.5) is 0 Å². The molecule has 0 radical (unpaired) electrons. The maximum atomic E-state index is 6.30. The molecule has 0 spiro atoms. The summed E-state index contributed by atoms with van der Waals surface area (Å²) in [5.74, 6) is 0. The Morgan fingerprint density at radius 1 is 0.625 bits per heavy atom. The highest BCUT2D eigenvalue weighted by Gasteiger charge is 2.18. The minimum atomic E-state index is 0.935. The van der Waals surface area contributed by atoms with Crippen LogP contribution in [0.2, 0.25) is 0 Å². The maximum Gasteiger partial charge on any atom is 0.143 e. The first kappa shape index (κ1) is 12.8. The largest absolute Gasteiger partial charge is 0.455 e. The van der Waals surface area contributed by atoms with Gasteiger partial charge in [-0.1, -0.05) is 64.5 Å². The number of rotatable bonds is 0. The van der Waals surface area contributed by atoms with Crippen molar-refractivity contribution in [1.82, 2.24) is 0 Å². The highest BCUT2D eigenvalue weighted by Crippen LogP contribution is 2.44. The summed E-state index contributed by atoms with van der Waals surface area (Å²) in [4.78, 5) is 0. The molecule has 0 fully saturated rings. The van der Waals surface area contributed by atoms with E-state index in [2.05, 4.69) is 70.5 Å². The fraction of sp³-hybridized carbons (Fsp3) is 0. The first-order valence-corrected chi connectivity index (χ1v) is 8.78. The van der Waals surface area contributed by atoms with Crippen molar-refractivity contribution in [3.8, 4) is 0 Å². The monoisotopic (exact) mass is 370 g/mol. The van der Waals surface area contributed by atoms with Crippen LogP contribution < -0.4 is 0 Å². The first-order valence-electron chi connectivity index (χ1n) is 7.98. The molecule has 5 aromatic carbocycles. The van der Waals surface area contributed by atoms with Gasteiger partial charge in [0.15, 0.2) is 0 Å². The normalized spacial score (nSPS) is 12.4. The van der Waals surface area contributed by atoms with Gasteiger partial charge in [-0.3, -0.25) is 0 Å². The quantitative estimate of drug-likeness (QED) is 0.256. The molecule has 2 heteroatoms. The molecule has 112 valence electrons. The van der Waals surface area contributed by atoms with Crippen LogP contribution >= 0.6 is 15.9 Å². The van der Waals surface area contributed by atoms with E-state index in [1.165, 1.54) is 43.1 Å². The summed E-state index contributed by atoms with van der Waals surface area (Å²) in [6, 6.07) is 23.7. The van der Waals surface area contributed by atoms with Crippen LogP contribution in [0.1, 0.15) is 0 Å². The molecule has 6 aromatic rings. The van der Waals surface area contributed by atoms with E-state index in [1.807, 2.05) is 12.1 Å². The summed E-state index contributed by atoms with van der Waals surface area (Å²) in [6.45, 7) is 0. The third-order valence-electron chi connectivity index (χ3n) is 5.05. The van der Waals surface area contributed by atoms with Crippen LogP contribution in [0, 0.1) is 0 Å². The van der Waals surface area contributed by atoms with Crippen LogP contribution in [-0.4, -0.2) is 0 Å². The zero-order chi connectivity index (χ0) is 15.8. The second-order valence-corrected chi connectivity index (χ2v) is 7.24. The molecule has 0 bridgehead atoms. The lowest BCUT2D eigenvalue weighted by Crippen LogP contribution is -1.84. The Morgan fingerprint density at radius 3 is 2.12 bits per heavy atom. The van der Waals surface area contributed by atoms with E-state index >= 15 is 0 Å². The van der Waals surface area contributed by atoms with Crippen molar-refractivity contribution in [1.29, 1.82) is 0 Å². The Bertz CT molecular complexity index is 1410. The van der Waals surface area contributed by atoms with Crippen molar-refractivity contribution in [3.05, 3.63) is 71.2 Å². The predicted molar refractivity (Wildman–Crippen MR) is 105 cm³/mol. The number of hydrogen-bond acceptors (Lipinski definition) is 1. The molecule has 0 N–H and O–H groups in total. The lowest BCUT2D eigenvalue weighted by atomic mass is 9.91. The molecule has 1 heterocycles. The standard InChI is InChI=1S/C22H11BrO/c23-14-9-10-18-17(11-14)21-15-5-1-3-12-7-8-13-4-2-6-16(22(21)24-18)20(13)19(12)15/h1-11H. The molecule has 1 nitrogen and oxygen atoms in total. The third kappa shape index (κ3) is 1.45. The van der Waals surface area contributed by atoms with Crippen molar-refractivity contribution in [2.75, 3.05) is 0 Å². The van der Waals surface area contributed by atoms with Gasteiger partial charge in [-0.05, 0) is 39.7 Å². The summed E-state index contributed by atoms with van der Waals surface area (Å²) in [5.41, 5.74) is 1.92. The molecule has 0 atom stereocenters. The first-order chi connectivity index (χ1) is 11.8. The molecule has 0 saturated heterocycles. The Kier molecular flexibility index (Phi) is 2.28. The molecular weight excluding hydrogens is 360 g/mol. The van der Waals surface area contributed by atoms with E-state index in [0.29, 0.717) is 0 Å². The molecule has 0 aliphatic heterocycles. The van der Waals surface area contributed by atoms with Gasteiger partial charge in [-0.2, -0.15) is 0 Å². The summed E-state index contributed by atoms with van der Waals surface area (Å²) in [7, 11) is 0. The molecule has 6 rings (SSSR count). The number of furan rings is 1. The Labute approximate surface area is 145 Å². The molecule has 1 aromatic heterocycles. The van der Waals surface area contributed by atoms with Crippen LogP contribution in [0.5, 0.6) is 0 Å².